The highest BCUT2D eigenvalue weighted by Gasteiger charge is 2.14. The van der Waals surface area contributed by atoms with E-state index in [-0.39, 0.29) is 5.11 Å². The fourth-order valence-corrected chi connectivity index (χ4v) is 3.82. The third-order valence-electron chi connectivity index (χ3n) is 3.55. The lowest BCUT2D eigenvalue weighted by Gasteiger charge is -2.10. The van der Waals surface area contributed by atoms with Gasteiger partial charge in [0.05, 0.1) is 29.0 Å². The summed E-state index contributed by atoms with van der Waals surface area (Å²) >= 11 is 18.7. The molecule has 0 fully saturated rings. The fraction of sp³-hybridized carbons (Fsp3) is 0.118. The molecule has 6 nitrogen and oxygen atoms in total. The van der Waals surface area contributed by atoms with Crippen molar-refractivity contribution in [3.63, 3.8) is 0 Å². The van der Waals surface area contributed by atoms with Gasteiger partial charge in [-0.1, -0.05) is 34.5 Å². The van der Waals surface area contributed by atoms with Gasteiger partial charge in [0, 0.05) is 5.56 Å². The SMILES string of the molecule is COc1ccc(C(=O)NC(=S)Nc2nc3c(Cl)c(Cl)ccc3s2)cc1OC. The molecule has 0 saturated carbocycles. The third kappa shape index (κ3) is 4.24. The Balaban J connectivity index is 1.72. The van der Waals surface area contributed by atoms with Crippen LogP contribution < -0.4 is 20.1 Å². The Morgan fingerprint density at radius 1 is 1.15 bits per heavy atom. The molecule has 0 aliphatic carbocycles. The number of nitrogens with zero attached hydrogens (tertiary/aromatic N) is 1. The quantitative estimate of drug-likeness (QED) is 0.569. The Bertz CT molecular complexity index is 1040. The molecular weight excluding hydrogens is 429 g/mol. The van der Waals surface area contributed by atoms with Crippen molar-refractivity contribution in [2.75, 3.05) is 19.5 Å². The van der Waals surface area contributed by atoms with Crippen LogP contribution in [0.15, 0.2) is 30.3 Å². The summed E-state index contributed by atoms with van der Waals surface area (Å²) in [4.78, 5) is 16.8. The topological polar surface area (TPSA) is 72.5 Å². The van der Waals surface area contributed by atoms with Gasteiger partial charge in [-0.15, -0.1) is 0 Å². The average molecular weight is 442 g/mol. The second-order valence-corrected chi connectivity index (χ2v) is 7.43. The van der Waals surface area contributed by atoms with Crippen molar-refractivity contribution in [3.05, 3.63) is 45.9 Å². The van der Waals surface area contributed by atoms with Gasteiger partial charge in [-0.25, -0.2) is 4.98 Å². The molecule has 10 heteroatoms. The highest BCUT2D eigenvalue weighted by Crippen LogP contribution is 2.35. The number of benzene rings is 2. The summed E-state index contributed by atoms with van der Waals surface area (Å²) in [5, 5.41) is 6.87. The number of thiazole rings is 1. The molecule has 0 saturated heterocycles. The van der Waals surface area contributed by atoms with Crippen molar-refractivity contribution < 1.29 is 14.3 Å². The molecule has 2 aromatic carbocycles. The number of rotatable bonds is 4. The Labute approximate surface area is 174 Å². The predicted molar refractivity (Wildman–Crippen MR) is 113 cm³/mol. The van der Waals surface area contributed by atoms with Crippen LogP contribution in [0.25, 0.3) is 10.2 Å². The van der Waals surface area contributed by atoms with Crippen molar-refractivity contribution >= 4 is 73.1 Å². The number of halogens is 2. The molecule has 1 aromatic heterocycles. The molecule has 0 radical (unpaired) electrons. The number of carbonyl (C=O) groups is 1. The molecular formula is C17H13Cl2N3O3S2. The number of ether oxygens (including phenoxy) is 2. The second-order valence-electron chi connectivity index (χ2n) is 5.21. The molecule has 0 bridgehead atoms. The van der Waals surface area contributed by atoms with E-state index < -0.39 is 5.91 Å². The van der Waals surface area contributed by atoms with Crippen LogP contribution in [0.2, 0.25) is 10.0 Å². The zero-order chi connectivity index (χ0) is 19.6. The lowest BCUT2D eigenvalue weighted by Crippen LogP contribution is -2.34. The third-order valence-corrected chi connectivity index (χ3v) is 5.48. The monoisotopic (exact) mass is 441 g/mol. The number of carbonyl (C=O) groups excluding carboxylic acids is 1. The number of nitrogens with one attached hydrogen (secondary N) is 2. The molecule has 0 aliphatic heterocycles. The maximum absolute atomic E-state index is 12.4. The summed E-state index contributed by atoms with van der Waals surface area (Å²) in [5.41, 5.74) is 0.946. The number of anilines is 1. The van der Waals surface area contributed by atoms with Crippen molar-refractivity contribution in [1.29, 1.82) is 0 Å². The first-order valence-electron chi connectivity index (χ1n) is 7.52. The molecule has 27 heavy (non-hydrogen) atoms. The van der Waals surface area contributed by atoms with Crippen LogP contribution in [0.1, 0.15) is 10.4 Å². The van der Waals surface area contributed by atoms with E-state index in [9.17, 15) is 4.79 Å². The van der Waals surface area contributed by atoms with Crippen molar-refractivity contribution in [1.82, 2.24) is 10.3 Å². The van der Waals surface area contributed by atoms with Crippen LogP contribution in [-0.2, 0) is 0 Å². The van der Waals surface area contributed by atoms with Gasteiger partial charge in [0.25, 0.3) is 5.91 Å². The van der Waals surface area contributed by atoms with Crippen LogP contribution in [0.5, 0.6) is 11.5 Å². The predicted octanol–water partition coefficient (Wildman–Crippen LogP) is 4.75. The fourth-order valence-electron chi connectivity index (χ4n) is 2.27. The Hall–Kier alpha value is -2.13. The van der Waals surface area contributed by atoms with Gasteiger partial charge in [0.15, 0.2) is 21.7 Å². The van der Waals surface area contributed by atoms with E-state index in [4.69, 9.17) is 44.9 Å². The summed E-state index contributed by atoms with van der Waals surface area (Å²) in [6, 6.07) is 8.33. The number of fused-ring (bicyclic) bond motifs is 1. The van der Waals surface area contributed by atoms with Crippen LogP contribution in [-0.4, -0.2) is 30.2 Å². The molecule has 1 heterocycles. The minimum Gasteiger partial charge on any atom is -0.493 e. The Morgan fingerprint density at radius 3 is 2.59 bits per heavy atom. The normalized spacial score (nSPS) is 10.5. The van der Waals surface area contributed by atoms with Gasteiger partial charge in [0.2, 0.25) is 0 Å². The molecule has 0 aliphatic rings. The van der Waals surface area contributed by atoms with Gasteiger partial charge in [-0.05, 0) is 42.5 Å². The van der Waals surface area contributed by atoms with Crippen LogP contribution in [0, 0.1) is 0 Å². The van der Waals surface area contributed by atoms with Crippen molar-refractivity contribution in [3.8, 4) is 11.5 Å². The molecule has 140 valence electrons. The summed E-state index contributed by atoms with van der Waals surface area (Å²) < 4.78 is 11.2. The number of hydrogen-bond acceptors (Lipinski definition) is 6. The first kappa shape index (κ1) is 19.6. The number of hydrogen-bond donors (Lipinski definition) is 2. The standard InChI is InChI=1S/C17H13Cl2N3O3S2/c1-24-10-5-3-8(7-11(10)25-2)15(23)21-16(26)22-17-20-14-12(27-17)6-4-9(18)13(14)19/h3-7H,1-2H3,(H2,20,21,22,23,26). The van der Waals surface area contributed by atoms with Gasteiger partial charge in [0.1, 0.15) is 5.52 Å². The maximum Gasteiger partial charge on any atom is 0.257 e. The lowest BCUT2D eigenvalue weighted by molar-refractivity contribution is 0.0977. The molecule has 1 amide bonds. The van der Waals surface area contributed by atoms with Crippen LogP contribution in [0.3, 0.4) is 0 Å². The summed E-state index contributed by atoms with van der Waals surface area (Å²) in [7, 11) is 3.02. The smallest absolute Gasteiger partial charge is 0.257 e. The zero-order valence-electron chi connectivity index (χ0n) is 14.1. The van der Waals surface area contributed by atoms with E-state index in [1.807, 2.05) is 6.07 Å². The van der Waals surface area contributed by atoms with E-state index in [0.717, 1.165) is 4.70 Å². The minimum atomic E-state index is -0.393. The lowest BCUT2D eigenvalue weighted by atomic mass is 10.2. The number of aromatic nitrogens is 1. The highest BCUT2D eigenvalue weighted by molar-refractivity contribution is 7.80. The minimum absolute atomic E-state index is 0.107. The largest absolute Gasteiger partial charge is 0.493 e. The number of thiocarbonyl (C=S) groups is 1. The molecule has 0 unspecified atom stereocenters. The van der Waals surface area contributed by atoms with E-state index in [0.29, 0.717) is 37.8 Å². The first-order chi connectivity index (χ1) is 12.9. The second kappa shape index (κ2) is 8.26. The van der Waals surface area contributed by atoms with Crippen molar-refractivity contribution in [2.45, 2.75) is 0 Å². The van der Waals surface area contributed by atoms with E-state index in [2.05, 4.69) is 15.6 Å². The summed E-state index contributed by atoms with van der Waals surface area (Å²) in [6.45, 7) is 0. The van der Waals surface area contributed by atoms with E-state index in [1.165, 1.54) is 25.6 Å². The van der Waals surface area contributed by atoms with Gasteiger partial charge in [-0.2, -0.15) is 0 Å². The van der Waals surface area contributed by atoms with Gasteiger partial charge < -0.3 is 14.8 Å². The molecule has 2 N–H and O–H groups in total. The average Bonchev–Trinajstić information content (AvgIpc) is 3.07. The molecule has 0 spiro atoms. The molecule has 3 aromatic rings. The van der Waals surface area contributed by atoms with Gasteiger partial charge in [-0.3, -0.25) is 10.1 Å². The Morgan fingerprint density at radius 2 is 1.89 bits per heavy atom. The first-order valence-corrected chi connectivity index (χ1v) is 9.50. The number of methoxy groups -OCH3 is 2. The number of amides is 1. The van der Waals surface area contributed by atoms with E-state index in [1.54, 1.807) is 24.3 Å². The Kier molecular flexibility index (Phi) is 6.01. The zero-order valence-corrected chi connectivity index (χ0v) is 17.3. The summed E-state index contributed by atoms with van der Waals surface area (Å²) in [5.74, 6) is 0.581. The van der Waals surface area contributed by atoms with Crippen molar-refractivity contribution in [2.24, 2.45) is 0 Å². The molecule has 3 rings (SSSR count). The molecule has 0 atom stereocenters. The van der Waals surface area contributed by atoms with Gasteiger partial charge >= 0.3 is 0 Å². The summed E-state index contributed by atoms with van der Waals surface area (Å²) in [6.07, 6.45) is 0. The maximum atomic E-state index is 12.4. The van der Waals surface area contributed by atoms with Crippen LogP contribution in [0.4, 0.5) is 5.13 Å². The van der Waals surface area contributed by atoms with E-state index >= 15 is 0 Å². The van der Waals surface area contributed by atoms with Crippen LogP contribution >= 0.6 is 46.8 Å². The highest BCUT2D eigenvalue weighted by atomic mass is 35.5.